The molecule has 2 aliphatic rings. The molecule has 3 aromatic rings. The molecule has 0 bridgehead atoms. The van der Waals surface area contributed by atoms with Gasteiger partial charge in [-0.15, -0.1) is 0 Å². The summed E-state index contributed by atoms with van der Waals surface area (Å²) < 4.78 is 2.20. The summed E-state index contributed by atoms with van der Waals surface area (Å²) >= 11 is 0. The van der Waals surface area contributed by atoms with Gasteiger partial charge >= 0.3 is 0 Å². The molecule has 2 heterocycles. The number of carbonyl (C=O) groups excluding carboxylic acids is 1. The zero-order valence-corrected chi connectivity index (χ0v) is 16.0. The summed E-state index contributed by atoms with van der Waals surface area (Å²) in [5, 5.41) is 11.3. The third kappa shape index (κ3) is 2.43. The summed E-state index contributed by atoms with van der Waals surface area (Å²) in [6.07, 6.45) is 4.93. The summed E-state index contributed by atoms with van der Waals surface area (Å²) in [5.74, 6) is 0.0618. The molecule has 142 valence electrons. The number of amides is 1. The van der Waals surface area contributed by atoms with E-state index in [0.29, 0.717) is 5.56 Å². The lowest BCUT2D eigenvalue weighted by Gasteiger charge is -2.35. The molecule has 2 aromatic carbocycles. The first-order chi connectivity index (χ1) is 13.6. The van der Waals surface area contributed by atoms with E-state index in [1.165, 1.54) is 11.1 Å². The molecule has 0 saturated heterocycles. The van der Waals surface area contributed by atoms with E-state index in [9.17, 15) is 9.90 Å². The van der Waals surface area contributed by atoms with Crippen molar-refractivity contribution in [1.82, 2.24) is 14.5 Å². The van der Waals surface area contributed by atoms with Crippen LogP contribution >= 0.6 is 0 Å². The van der Waals surface area contributed by atoms with Crippen molar-refractivity contribution in [2.75, 3.05) is 14.1 Å². The molecular formula is C23H23N3O2. The number of aryl methyl sites for hydroxylation is 1. The Kier molecular flexibility index (Phi) is 3.88. The van der Waals surface area contributed by atoms with Crippen molar-refractivity contribution in [3.8, 4) is 11.3 Å². The van der Waals surface area contributed by atoms with Crippen LogP contribution in [0.5, 0.6) is 0 Å². The van der Waals surface area contributed by atoms with Crippen LogP contribution in [0.2, 0.25) is 0 Å². The van der Waals surface area contributed by atoms with Gasteiger partial charge in [-0.1, -0.05) is 30.3 Å². The Bertz CT molecular complexity index is 1070. The van der Waals surface area contributed by atoms with E-state index in [2.05, 4.69) is 33.8 Å². The molecule has 1 N–H and O–H groups in total. The molecule has 5 rings (SSSR count). The largest absolute Gasteiger partial charge is 0.388 e. The quantitative estimate of drug-likeness (QED) is 0.748. The maximum atomic E-state index is 12.3. The van der Waals surface area contributed by atoms with Gasteiger partial charge in [-0.2, -0.15) is 0 Å². The maximum absolute atomic E-state index is 12.3. The van der Waals surface area contributed by atoms with Crippen LogP contribution in [0, 0.1) is 5.92 Å². The third-order valence-corrected chi connectivity index (χ3v) is 6.19. The zero-order valence-electron chi connectivity index (χ0n) is 16.0. The van der Waals surface area contributed by atoms with Crippen LogP contribution in [0.25, 0.3) is 11.3 Å². The highest BCUT2D eigenvalue weighted by Gasteiger charge is 2.40. The third-order valence-electron chi connectivity index (χ3n) is 6.19. The second-order valence-corrected chi connectivity index (χ2v) is 7.98. The number of aliphatic hydroxyl groups is 1. The number of aromatic nitrogens is 2. The van der Waals surface area contributed by atoms with Crippen molar-refractivity contribution < 1.29 is 9.90 Å². The lowest BCUT2D eigenvalue weighted by atomic mass is 9.75. The van der Waals surface area contributed by atoms with Crippen molar-refractivity contribution in [3.63, 3.8) is 0 Å². The van der Waals surface area contributed by atoms with Crippen molar-refractivity contribution in [1.29, 1.82) is 0 Å². The number of imidazole rings is 1. The van der Waals surface area contributed by atoms with Crippen LogP contribution in [0.15, 0.2) is 55.0 Å². The SMILES string of the molecule is CN(C)C(=O)c1ccc2c(c1)CC[C@H]([C@H]1c3ccccc3-c3cncn31)[C@@H]2O. The number of benzene rings is 2. The zero-order chi connectivity index (χ0) is 19.4. The molecule has 1 amide bonds. The molecule has 1 aliphatic carbocycles. The van der Waals surface area contributed by atoms with Crippen LogP contribution in [-0.2, 0) is 6.42 Å². The Balaban J connectivity index is 1.53. The van der Waals surface area contributed by atoms with Crippen LogP contribution in [-0.4, -0.2) is 39.6 Å². The average molecular weight is 373 g/mol. The van der Waals surface area contributed by atoms with Crippen LogP contribution < -0.4 is 0 Å². The molecule has 5 nitrogen and oxygen atoms in total. The Morgan fingerprint density at radius 1 is 1.18 bits per heavy atom. The van der Waals surface area contributed by atoms with Gasteiger partial charge in [0, 0.05) is 31.1 Å². The molecule has 0 fully saturated rings. The van der Waals surface area contributed by atoms with Crippen LogP contribution in [0.4, 0.5) is 0 Å². The molecule has 0 saturated carbocycles. The van der Waals surface area contributed by atoms with E-state index < -0.39 is 6.10 Å². The fourth-order valence-corrected chi connectivity index (χ4v) is 4.85. The number of fused-ring (bicyclic) bond motifs is 4. The fourth-order valence-electron chi connectivity index (χ4n) is 4.85. The minimum Gasteiger partial charge on any atom is -0.388 e. The fraction of sp³-hybridized carbons (Fsp3) is 0.304. The Morgan fingerprint density at radius 2 is 2.00 bits per heavy atom. The lowest BCUT2D eigenvalue weighted by molar-refractivity contribution is 0.0717. The van der Waals surface area contributed by atoms with Gasteiger partial charge in [0.2, 0.25) is 0 Å². The molecule has 3 atom stereocenters. The molecule has 1 aromatic heterocycles. The smallest absolute Gasteiger partial charge is 0.253 e. The predicted molar refractivity (Wildman–Crippen MR) is 107 cm³/mol. The minimum atomic E-state index is -0.571. The van der Waals surface area contributed by atoms with Gasteiger partial charge in [-0.05, 0) is 41.7 Å². The summed E-state index contributed by atoms with van der Waals surface area (Å²) in [5.41, 5.74) is 6.27. The Hall–Kier alpha value is -2.92. The van der Waals surface area contributed by atoms with Gasteiger partial charge in [0.05, 0.1) is 30.4 Å². The van der Waals surface area contributed by atoms with Crippen molar-refractivity contribution in [2.45, 2.75) is 25.0 Å². The highest BCUT2D eigenvalue weighted by atomic mass is 16.3. The standard InChI is InChI=1S/C23H23N3O2/c1-25(2)23(28)15-8-9-16-14(11-15)7-10-19(22(16)27)21-18-6-4-3-5-17(18)20-12-24-13-26(20)21/h3-6,8-9,11-13,19,21-22,27H,7,10H2,1-2H3/t19-,21-,22-/m1/s1. The second kappa shape index (κ2) is 6.31. The van der Waals surface area contributed by atoms with Crippen LogP contribution in [0.1, 0.15) is 45.6 Å². The summed E-state index contributed by atoms with van der Waals surface area (Å²) in [6, 6.07) is 14.2. The van der Waals surface area contributed by atoms with E-state index in [1.54, 1.807) is 19.0 Å². The number of rotatable bonds is 2. The summed E-state index contributed by atoms with van der Waals surface area (Å²) in [4.78, 5) is 18.2. The first-order valence-corrected chi connectivity index (χ1v) is 9.70. The van der Waals surface area contributed by atoms with E-state index in [-0.39, 0.29) is 17.9 Å². The van der Waals surface area contributed by atoms with Gasteiger partial charge in [0.1, 0.15) is 0 Å². The average Bonchev–Trinajstić information content (AvgIpc) is 3.29. The lowest BCUT2D eigenvalue weighted by Crippen LogP contribution is -2.29. The molecular weight excluding hydrogens is 350 g/mol. The molecule has 1 aliphatic heterocycles. The van der Waals surface area contributed by atoms with Gasteiger partial charge in [0.25, 0.3) is 5.91 Å². The van der Waals surface area contributed by atoms with Gasteiger partial charge in [0.15, 0.2) is 0 Å². The number of hydrogen-bond donors (Lipinski definition) is 1. The maximum Gasteiger partial charge on any atom is 0.253 e. The van der Waals surface area contributed by atoms with Gasteiger partial charge < -0.3 is 14.6 Å². The van der Waals surface area contributed by atoms with E-state index in [1.807, 2.05) is 30.7 Å². The summed E-state index contributed by atoms with van der Waals surface area (Å²) in [6.45, 7) is 0. The highest BCUT2D eigenvalue weighted by molar-refractivity contribution is 5.94. The number of aliphatic hydroxyl groups excluding tert-OH is 1. The van der Waals surface area contributed by atoms with E-state index in [0.717, 1.165) is 29.7 Å². The molecule has 28 heavy (non-hydrogen) atoms. The van der Waals surface area contributed by atoms with E-state index >= 15 is 0 Å². The minimum absolute atomic E-state index is 0.00723. The van der Waals surface area contributed by atoms with Crippen LogP contribution in [0.3, 0.4) is 0 Å². The Labute approximate surface area is 164 Å². The van der Waals surface area contributed by atoms with Crippen molar-refractivity contribution in [2.24, 2.45) is 5.92 Å². The Morgan fingerprint density at radius 3 is 2.82 bits per heavy atom. The first kappa shape index (κ1) is 17.2. The first-order valence-electron chi connectivity index (χ1n) is 9.70. The second-order valence-electron chi connectivity index (χ2n) is 7.98. The normalized spacial score (nSPS) is 22.3. The predicted octanol–water partition coefficient (Wildman–Crippen LogP) is 3.45. The van der Waals surface area contributed by atoms with Gasteiger partial charge in [-0.25, -0.2) is 4.98 Å². The van der Waals surface area contributed by atoms with Gasteiger partial charge in [-0.3, -0.25) is 4.79 Å². The number of carbonyl (C=O) groups is 1. The topological polar surface area (TPSA) is 58.4 Å². The van der Waals surface area contributed by atoms with Crippen molar-refractivity contribution in [3.05, 3.63) is 77.2 Å². The molecule has 0 radical (unpaired) electrons. The summed E-state index contributed by atoms with van der Waals surface area (Å²) in [7, 11) is 3.51. The molecule has 5 heteroatoms. The molecule has 0 spiro atoms. The monoisotopic (exact) mass is 373 g/mol. The number of hydrogen-bond acceptors (Lipinski definition) is 3. The van der Waals surface area contributed by atoms with E-state index in [4.69, 9.17) is 0 Å². The highest BCUT2D eigenvalue weighted by Crippen LogP contribution is 2.49. The molecule has 0 unspecified atom stereocenters. The van der Waals surface area contributed by atoms with Crippen molar-refractivity contribution >= 4 is 5.91 Å². The number of nitrogens with zero attached hydrogens (tertiary/aromatic N) is 3.